The summed E-state index contributed by atoms with van der Waals surface area (Å²) in [6.07, 6.45) is 3.12. The standard InChI is InChI=1S/C21H25N3O3/c1-26-19-11-14-9-10-24(13-15(14)12-20(19)27-2)18-7-5-17(6-8-18)23-21(25)22-16-3-4-16/h5-8,11-12,16H,3-4,9-10,13H2,1-2H3,(H2,22,23,25). The van der Waals surface area contributed by atoms with Gasteiger partial charge in [0.2, 0.25) is 0 Å². The number of hydrogen-bond acceptors (Lipinski definition) is 4. The molecule has 1 heterocycles. The van der Waals surface area contributed by atoms with Crippen LogP contribution < -0.4 is 25.0 Å². The summed E-state index contributed by atoms with van der Waals surface area (Å²) in [7, 11) is 3.33. The fraction of sp³-hybridized carbons (Fsp3) is 0.381. The summed E-state index contributed by atoms with van der Waals surface area (Å²) in [5.41, 5.74) is 4.51. The number of fused-ring (bicyclic) bond motifs is 1. The minimum atomic E-state index is -0.127. The van der Waals surface area contributed by atoms with E-state index in [1.807, 2.05) is 12.1 Å². The average Bonchev–Trinajstić information content (AvgIpc) is 3.50. The molecule has 2 aromatic rings. The van der Waals surface area contributed by atoms with Gasteiger partial charge in [-0.05, 0) is 66.8 Å². The van der Waals surface area contributed by atoms with Gasteiger partial charge in [0.25, 0.3) is 0 Å². The predicted octanol–water partition coefficient (Wildman–Crippen LogP) is 3.55. The van der Waals surface area contributed by atoms with Crippen LogP contribution >= 0.6 is 0 Å². The number of ether oxygens (including phenoxy) is 2. The fourth-order valence-electron chi connectivity index (χ4n) is 3.44. The number of methoxy groups -OCH3 is 2. The molecule has 142 valence electrons. The Morgan fingerprint density at radius 3 is 2.33 bits per heavy atom. The third-order valence-corrected chi connectivity index (χ3v) is 5.12. The number of carbonyl (C=O) groups is 1. The molecule has 0 unspecified atom stereocenters. The molecule has 1 saturated carbocycles. The quantitative estimate of drug-likeness (QED) is 0.848. The van der Waals surface area contributed by atoms with Crippen LogP contribution in [-0.2, 0) is 13.0 Å². The van der Waals surface area contributed by atoms with Crippen LogP contribution in [-0.4, -0.2) is 32.8 Å². The second kappa shape index (κ2) is 7.39. The lowest BCUT2D eigenvalue weighted by Crippen LogP contribution is -2.31. The van der Waals surface area contributed by atoms with Crippen LogP contribution in [0.15, 0.2) is 36.4 Å². The number of nitrogens with zero attached hydrogens (tertiary/aromatic N) is 1. The van der Waals surface area contributed by atoms with Crippen molar-refractivity contribution in [1.82, 2.24) is 5.32 Å². The summed E-state index contributed by atoms with van der Waals surface area (Å²) in [5.74, 6) is 1.55. The molecule has 4 rings (SSSR count). The third-order valence-electron chi connectivity index (χ3n) is 5.12. The number of rotatable bonds is 5. The minimum absolute atomic E-state index is 0.127. The van der Waals surface area contributed by atoms with E-state index in [9.17, 15) is 4.79 Å². The van der Waals surface area contributed by atoms with E-state index in [2.05, 4.69) is 39.8 Å². The molecule has 6 nitrogen and oxygen atoms in total. The second-order valence-corrected chi connectivity index (χ2v) is 7.07. The molecule has 6 heteroatoms. The smallest absolute Gasteiger partial charge is 0.319 e. The molecule has 2 aliphatic rings. The first kappa shape index (κ1) is 17.5. The van der Waals surface area contributed by atoms with Crippen molar-refractivity contribution in [3.05, 3.63) is 47.5 Å². The Balaban J connectivity index is 1.44. The largest absolute Gasteiger partial charge is 0.493 e. The minimum Gasteiger partial charge on any atom is -0.493 e. The summed E-state index contributed by atoms with van der Waals surface area (Å²) in [5, 5.41) is 5.82. The van der Waals surface area contributed by atoms with E-state index < -0.39 is 0 Å². The van der Waals surface area contributed by atoms with Crippen LogP contribution in [0.3, 0.4) is 0 Å². The van der Waals surface area contributed by atoms with Crippen LogP contribution in [0, 0.1) is 0 Å². The van der Waals surface area contributed by atoms with Gasteiger partial charge < -0.3 is 25.0 Å². The van der Waals surface area contributed by atoms with Crippen molar-refractivity contribution in [3.8, 4) is 11.5 Å². The Morgan fingerprint density at radius 1 is 1.04 bits per heavy atom. The topological polar surface area (TPSA) is 62.8 Å². The van der Waals surface area contributed by atoms with E-state index in [4.69, 9.17) is 9.47 Å². The van der Waals surface area contributed by atoms with Gasteiger partial charge in [-0.2, -0.15) is 0 Å². The lowest BCUT2D eigenvalue weighted by molar-refractivity contribution is 0.251. The first-order valence-electron chi connectivity index (χ1n) is 9.32. The van der Waals surface area contributed by atoms with Crippen LogP contribution in [0.25, 0.3) is 0 Å². The van der Waals surface area contributed by atoms with Crippen LogP contribution in [0.1, 0.15) is 24.0 Å². The second-order valence-electron chi connectivity index (χ2n) is 7.07. The van der Waals surface area contributed by atoms with Crippen molar-refractivity contribution in [2.24, 2.45) is 0 Å². The van der Waals surface area contributed by atoms with E-state index in [1.165, 1.54) is 11.1 Å². The number of urea groups is 1. The zero-order chi connectivity index (χ0) is 18.8. The highest BCUT2D eigenvalue weighted by Gasteiger charge is 2.23. The van der Waals surface area contributed by atoms with E-state index in [-0.39, 0.29) is 6.03 Å². The molecule has 0 aromatic heterocycles. The molecule has 2 aromatic carbocycles. The number of nitrogens with one attached hydrogen (secondary N) is 2. The Kier molecular flexibility index (Phi) is 4.79. The number of benzene rings is 2. The van der Waals surface area contributed by atoms with E-state index in [0.29, 0.717) is 6.04 Å². The van der Waals surface area contributed by atoms with Gasteiger partial charge in [-0.1, -0.05) is 0 Å². The molecule has 1 aliphatic heterocycles. The van der Waals surface area contributed by atoms with Crippen molar-refractivity contribution >= 4 is 17.4 Å². The van der Waals surface area contributed by atoms with Crippen molar-refractivity contribution in [3.63, 3.8) is 0 Å². The zero-order valence-corrected chi connectivity index (χ0v) is 15.7. The molecular formula is C21H25N3O3. The maximum absolute atomic E-state index is 11.8. The van der Waals surface area contributed by atoms with Gasteiger partial charge in [-0.25, -0.2) is 4.79 Å². The molecule has 0 saturated heterocycles. The maximum Gasteiger partial charge on any atom is 0.319 e. The predicted molar refractivity (Wildman–Crippen MR) is 106 cm³/mol. The number of hydrogen-bond donors (Lipinski definition) is 2. The average molecular weight is 367 g/mol. The van der Waals surface area contributed by atoms with Gasteiger partial charge in [0.05, 0.1) is 14.2 Å². The molecule has 2 N–H and O–H groups in total. The maximum atomic E-state index is 11.8. The molecule has 1 fully saturated rings. The van der Waals surface area contributed by atoms with Crippen molar-refractivity contribution in [2.75, 3.05) is 31.0 Å². The van der Waals surface area contributed by atoms with Gasteiger partial charge in [0, 0.05) is 30.5 Å². The molecule has 0 bridgehead atoms. The molecule has 27 heavy (non-hydrogen) atoms. The third kappa shape index (κ3) is 3.94. The molecule has 2 amide bonds. The first-order valence-corrected chi connectivity index (χ1v) is 9.32. The number of anilines is 2. The first-order chi connectivity index (χ1) is 13.2. The molecule has 1 aliphatic carbocycles. The molecule has 0 radical (unpaired) electrons. The lowest BCUT2D eigenvalue weighted by atomic mass is 9.98. The molecule has 0 atom stereocenters. The molecular weight excluding hydrogens is 342 g/mol. The summed E-state index contributed by atoms with van der Waals surface area (Å²) in [4.78, 5) is 14.2. The highest BCUT2D eigenvalue weighted by Crippen LogP contribution is 2.34. The van der Waals surface area contributed by atoms with E-state index in [1.54, 1.807) is 14.2 Å². The summed E-state index contributed by atoms with van der Waals surface area (Å²) in [6.45, 7) is 1.77. The van der Waals surface area contributed by atoms with Crippen molar-refractivity contribution in [2.45, 2.75) is 31.8 Å². The highest BCUT2D eigenvalue weighted by molar-refractivity contribution is 5.89. The van der Waals surface area contributed by atoms with Crippen molar-refractivity contribution < 1.29 is 14.3 Å². The van der Waals surface area contributed by atoms with Gasteiger partial charge >= 0.3 is 6.03 Å². The summed E-state index contributed by atoms with van der Waals surface area (Å²) in [6, 6.07) is 12.4. The van der Waals surface area contributed by atoms with E-state index >= 15 is 0 Å². The van der Waals surface area contributed by atoms with Gasteiger partial charge in [-0.15, -0.1) is 0 Å². The summed E-state index contributed by atoms with van der Waals surface area (Å²) < 4.78 is 10.8. The van der Waals surface area contributed by atoms with Crippen molar-refractivity contribution in [1.29, 1.82) is 0 Å². The zero-order valence-electron chi connectivity index (χ0n) is 15.7. The Hall–Kier alpha value is -2.89. The lowest BCUT2D eigenvalue weighted by Gasteiger charge is -2.31. The van der Waals surface area contributed by atoms with Gasteiger partial charge in [0.1, 0.15) is 0 Å². The number of carbonyl (C=O) groups excluding carboxylic acids is 1. The molecule has 0 spiro atoms. The summed E-state index contributed by atoms with van der Waals surface area (Å²) >= 11 is 0. The van der Waals surface area contributed by atoms with Crippen LogP contribution in [0.2, 0.25) is 0 Å². The SMILES string of the molecule is COc1cc2c(cc1OC)CN(c1ccc(NC(=O)NC3CC3)cc1)CC2. The van der Waals surface area contributed by atoms with E-state index in [0.717, 1.165) is 55.2 Å². The Labute approximate surface area is 159 Å². The normalized spacial score (nSPS) is 15.7. The highest BCUT2D eigenvalue weighted by atomic mass is 16.5. The van der Waals surface area contributed by atoms with Crippen LogP contribution in [0.5, 0.6) is 11.5 Å². The van der Waals surface area contributed by atoms with Gasteiger partial charge in [0.15, 0.2) is 11.5 Å². The Bertz CT molecular complexity index is 831. The number of amides is 2. The Morgan fingerprint density at radius 2 is 1.70 bits per heavy atom. The fourth-order valence-corrected chi connectivity index (χ4v) is 3.44. The van der Waals surface area contributed by atoms with Gasteiger partial charge in [-0.3, -0.25) is 0 Å². The monoisotopic (exact) mass is 367 g/mol. The van der Waals surface area contributed by atoms with Crippen LogP contribution in [0.4, 0.5) is 16.2 Å².